The Morgan fingerprint density at radius 3 is 3.00 bits per heavy atom. The lowest BCUT2D eigenvalue weighted by atomic mass is 10.3. The van der Waals surface area contributed by atoms with E-state index in [0.29, 0.717) is 0 Å². The van der Waals surface area contributed by atoms with Crippen LogP contribution in [0.2, 0.25) is 0 Å². The van der Waals surface area contributed by atoms with E-state index in [2.05, 4.69) is 0 Å². The average Bonchev–Trinajstić information content (AvgIpc) is 2.17. The van der Waals surface area contributed by atoms with Crippen molar-refractivity contribution in [1.82, 2.24) is 0 Å². The number of hydrogen-bond donors (Lipinski definition) is 0. The smallest absolute Gasteiger partial charge is 0.331 e. The van der Waals surface area contributed by atoms with Crippen molar-refractivity contribution >= 4 is 5.97 Å². The highest BCUT2D eigenvalue weighted by atomic mass is 16.5. The molecule has 1 unspecified atom stereocenters. The van der Waals surface area contributed by atoms with Gasteiger partial charge in [-0.2, -0.15) is 0 Å². The molecular formula is C7H8O2. The minimum absolute atomic E-state index is 0.123. The molecule has 2 nitrogen and oxygen atoms in total. The minimum atomic E-state index is -0.252. The Hall–Kier alpha value is -1.05. The van der Waals surface area contributed by atoms with E-state index in [1.165, 1.54) is 6.08 Å². The lowest BCUT2D eigenvalue weighted by Crippen LogP contribution is -2.02. The predicted octanol–water partition coefficient (Wildman–Crippen LogP) is 1.04. The molecule has 0 radical (unpaired) electrons. The topological polar surface area (TPSA) is 26.3 Å². The molecule has 0 fully saturated rings. The Morgan fingerprint density at radius 2 is 2.56 bits per heavy atom. The van der Waals surface area contributed by atoms with Crippen LogP contribution in [0.3, 0.4) is 0 Å². The maximum atomic E-state index is 10.4. The summed E-state index contributed by atoms with van der Waals surface area (Å²) < 4.78 is 4.76. The number of esters is 1. The third-order valence-corrected chi connectivity index (χ3v) is 1.06. The number of ether oxygens (including phenoxy) is 1. The van der Waals surface area contributed by atoms with Gasteiger partial charge < -0.3 is 4.74 Å². The van der Waals surface area contributed by atoms with E-state index in [1.54, 1.807) is 6.08 Å². The zero-order chi connectivity index (χ0) is 6.69. The van der Waals surface area contributed by atoms with Gasteiger partial charge in [-0.05, 0) is 19.1 Å². The molecule has 0 saturated carbocycles. The van der Waals surface area contributed by atoms with Gasteiger partial charge in [0.25, 0.3) is 0 Å². The van der Waals surface area contributed by atoms with Gasteiger partial charge in [0.05, 0.1) is 0 Å². The second-order valence-electron chi connectivity index (χ2n) is 1.79. The van der Waals surface area contributed by atoms with Gasteiger partial charge in [-0.1, -0.05) is 6.08 Å². The van der Waals surface area contributed by atoms with Crippen molar-refractivity contribution in [3.8, 4) is 0 Å². The quantitative estimate of drug-likeness (QED) is 0.385. The highest BCUT2D eigenvalue weighted by Crippen LogP contribution is 2.05. The average molecular weight is 124 g/mol. The maximum Gasteiger partial charge on any atom is 0.331 e. The van der Waals surface area contributed by atoms with E-state index in [0.717, 1.165) is 0 Å². The molecule has 0 aromatic heterocycles. The van der Waals surface area contributed by atoms with Gasteiger partial charge in [-0.25, -0.2) is 4.79 Å². The minimum Gasteiger partial charge on any atom is -0.451 e. The molecule has 0 aromatic carbocycles. The lowest BCUT2D eigenvalue weighted by molar-refractivity contribution is -0.137. The van der Waals surface area contributed by atoms with Crippen molar-refractivity contribution in [3.05, 3.63) is 24.3 Å². The molecule has 0 spiro atoms. The third-order valence-electron chi connectivity index (χ3n) is 1.06. The van der Waals surface area contributed by atoms with Crippen molar-refractivity contribution in [2.75, 3.05) is 0 Å². The highest BCUT2D eigenvalue weighted by Gasteiger charge is 2.11. The number of hydrogen-bond acceptors (Lipinski definition) is 2. The molecular weight excluding hydrogens is 116 g/mol. The van der Waals surface area contributed by atoms with Gasteiger partial charge in [0.15, 0.2) is 0 Å². The summed E-state index contributed by atoms with van der Waals surface area (Å²) >= 11 is 0. The first-order valence-corrected chi connectivity index (χ1v) is 2.84. The Labute approximate surface area is 53.8 Å². The fourth-order valence-electron chi connectivity index (χ4n) is 0.679. The first-order chi connectivity index (χ1) is 4.33. The highest BCUT2D eigenvalue weighted by molar-refractivity contribution is 5.84. The zero-order valence-electron chi connectivity index (χ0n) is 5.20. The maximum absolute atomic E-state index is 10.4. The normalized spacial score (nSPS) is 25.4. The second-order valence-corrected chi connectivity index (χ2v) is 1.79. The van der Waals surface area contributed by atoms with Crippen LogP contribution in [0.1, 0.15) is 6.92 Å². The van der Waals surface area contributed by atoms with Crippen molar-refractivity contribution in [2.24, 2.45) is 0 Å². The number of rotatable bonds is 1. The summed E-state index contributed by atoms with van der Waals surface area (Å²) in [6.45, 7) is 1.89. The van der Waals surface area contributed by atoms with Crippen LogP contribution in [0.4, 0.5) is 0 Å². The van der Waals surface area contributed by atoms with E-state index in [-0.39, 0.29) is 12.1 Å². The molecule has 0 saturated heterocycles. The first-order valence-electron chi connectivity index (χ1n) is 2.84. The fourth-order valence-corrected chi connectivity index (χ4v) is 0.679. The van der Waals surface area contributed by atoms with Gasteiger partial charge in [0.1, 0.15) is 6.10 Å². The van der Waals surface area contributed by atoms with Gasteiger partial charge in [-0.3, -0.25) is 0 Å². The molecule has 48 valence electrons. The second kappa shape index (κ2) is 2.49. The number of cyclic esters (lactones) is 1. The largest absolute Gasteiger partial charge is 0.451 e. The Kier molecular flexibility index (Phi) is 1.68. The number of carbonyl (C=O) groups is 1. The van der Waals surface area contributed by atoms with Crippen LogP contribution in [0.5, 0.6) is 0 Å². The summed E-state index contributed by atoms with van der Waals surface area (Å²) in [6.07, 6.45) is 6.71. The van der Waals surface area contributed by atoms with E-state index in [1.807, 2.05) is 19.1 Å². The van der Waals surface area contributed by atoms with E-state index >= 15 is 0 Å². The Morgan fingerprint density at radius 1 is 1.78 bits per heavy atom. The molecule has 1 aliphatic heterocycles. The van der Waals surface area contributed by atoms with Crippen LogP contribution in [0, 0.1) is 0 Å². The van der Waals surface area contributed by atoms with Gasteiger partial charge in [-0.15, -0.1) is 0 Å². The summed E-state index contributed by atoms with van der Waals surface area (Å²) in [5, 5.41) is 0. The van der Waals surface area contributed by atoms with Crippen LogP contribution < -0.4 is 0 Å². The Balaban J connectivity index is 2.50. The molecule has 1 heterocycles. The number of allylic oxidation sites excluding steroid dienone is 1. The first kappa shape index (κ1) is 6.08. The molecule has 0 aromatic rings. The van der Waals surface area contributed by atoms with Crippen LogP contribution in [-0.2, 0) is 9.53 Å². The summed E-state index contributed by atoms with van der Waals surface area (Å²) in [6, 6.07) is 0. The van der Waals surface area contributed by atoms with Gasteiger partial charge >= 0.3 is 5.97 Å². The third kappa shape index (κ3) is 1.42. The van der Waals surface area contributed by atoms with Crippen LogP contribution >= 0.6 is 0 Å². The molecule has 0 N–H and O–H groups in total. The zero-order valence-corrected chi connectivity index (χ0v) is 5.20. The van der Waals surface area contributed by atoms with Crippen molar-refractivity contribution < 1.29 is 9.53 Å². The summed E-state index contributed by atoms with van der Waals surface area (Å²) in [7, 11) is 0. The van der Waals surface area contributed by atoms with Gasteiger partial charge in [0.2, 0.25) is 0 Å². The van der Waals surface area contributed by atoms with Crippen molar-refractivity contribution in [3.63, 3.8) is 0 Å². The standard InChI is InChI=1S/C7H8O2/c1-2-3-6-4-5-7(8)9-6/h2-6H,1H3/b3-2+. The summed E-state index contributed by atoms with van der Waals surface area (Å²) in [4.78, 5) is 10.4. The van der Waals surface area contributed by atoms with Crippen molar-refractivity contribution in [1.29, 1.82) is 0 Å². The predicted molar refractivity (Wildman–Crippen MR) is 33.8 cm³/mol. The lowest BCUT2D eigenvalue weighted by Gasteiger charge is -1.98. The molecule has 1 atom stereocenters. The molecule has 0 amide bonds. The van der Waals surface area contributed by atoms with Crippen molar-refractivity contribution in [2.45, 2.75) is 13.0 Å². The van der Waals surface area contributed by atoms with Crippen LogP contribution in [-0.4, -0.2) is 12.1 Å². The number of carbonyl (C=O) groups excluding carboxylic acids is 1. The van der Waals surface area contributed by atoms with Crippen LogP contribution in [0.15, 0.2) is 24.3 Å². The molecule has 1 aliphatic rings. The summed E-state index contributed by atoms with van der Waals surface area (Å²) in [5.74, 6) is -0.252. The van der Waals surface area contributed by atoms with E-state index < -0.39 is 0 Å². The van der Waals surface area contributed by atoms with Gasteiger partial charge in [0, 0.05) is 6.08 Å². The fraction of sp³-hybridized carbons (Fsp3) is 0.286. The summed E-state index contributed by atoms with van der Waals surface area (Å²) in [5.41, 5.74) is 0. The molecule has 9 heavy (non-hydrogen) atoms. The molecule has 2 heteroatoms. The van der Waals surface area contributed by atoms with E-state index in [9.17, 15) is 4.79 Å². The SMILES string of the molecule is C/C=C/C1C=CC(=O)O1. The monoisotopic (exact) mass is 124 g/mol. The Bertz CT molecular complexity index is 168. The van der Waals surface area contributed by atoms with Crippen LogP contribution in [0.25, 0.3) is 0 Å². The van der Waals surface area contributed by atoms with E-state index in [4.69, 9.17) is 4.74 Å². The molecule has 0 aliphatic carbocycles. The molecule has 1 rings (SSSR count). The molecule has 0 bridgehead atoms.